The summed E-state index contributed by atoms with van der Waals surface area (Å²) in [4.78, 5) is 0. The molecular weight excluding hydrogens is 795 g/mol. The first-order valence-electron chi connectivity index (χ1n) is 10.5. The number of halogens is 7. The van der Waals surface area contributed by atoms with Crippen molar-refractivity contribution >= 4 is 85.3 Å². The van der Waals surface area contributed by atoms with Crippen LogP contribution in [0.4, 0.5) is 8.78 Å². The molecule has 0 saturated carbocycles. The van der Waals surface area contributed by atoms with Crippen LogP contribution in [-0.4, -0.2) is 26.9 Å². The molecule has 39 heavy (non-hydrogen) atoms. The summed E-state index contributed by atoms with van der Waals surface area (Å²) in [5.41, 5.74) is 1.14. The Morgan fingerprint density at radius 2 is 1.33 bits per heavy atom. The van der Waals surface area contributed by atoms with Gasteiger partial charge in [0.15, 0.2) is 5.75 Å². The lowest BCUT2D eigenvalue weighted by molar-refractivity contribution is 0.381. The highest BCUT2D eigenvalue weighted by Gasteiger charge is 2.14. The van der Waals surface area contributed by atoms with Crippen LogP contribution in [-0.2, 0) is 0 Å². The van der Waals surface area contributed by atoms with Gasteiger partial charge in [0.1, 0.15) is 23.1 Å². The second-order valence-electron chi connectivity index (χ2n) is 7.00. The third kappa shape index (κ3) is 10.7. The largest absolute Gasteiger partial charge is 1.00 e. The summed E-state index contributed by atoms with van der Waals surface area (Å²) < 4.78 is 43.4. The first-order chi connectivity index (χ1) is 18.1. The molecule has 0 atom stereocenters. The van der Waals surface area contributed by atoms with Gasteiger partial charge in [0.2, 0.25) is 0 Å². The van der Waals surface area contributed by atoms with Crippen LogP contribution in [0, 0.1) is 15.2 Å². The van der Waals surface area contributed by atoms with E-state index >= 15 is 0 Å². The van der Waals surface area contributed by atoms with E-state index in [0.29, 0.717) is 54.1 Å². The van der Waals surface area contributed by atoms with Crippen LogP contribution in [0.25, 0.3) is 11.1 Å². The monoisotopic (exact) mass is 818 g/mol. The van der Waals surface area contributed by atoms with Crippen molar-refractivity contribution in [1.29, 1.82) is 0 Å². The second-order valence-corrected chi connectivity index (χ2v) is 10.7. The molecule has 4 rings (SSSR count). The minimum Gasteiger partial charge on any atom is -1.00 e. The molecule has 4 nitrogen and oxygen atoms in total. The van der Waals surface area contributed by atoms with Gasteiger partial charge in [-0.05, 0) is 93.1 Å². The smallest absolute Gasteiger partial charge is 0.569 e. The zero-order valence-corrected chi connectivity index (χ0v) is 26.7. The molecule has 0 spiro atoms. The molecule has 0 aromatic heterocycles. The van der Waals surface area contributed by atoms with E-state index in [4.69, 9.17) is 42.4 Å². The molecule has 4 aromatic carbocycles. The lowest BCUT2D eigenvalue weighted by Gasteiger charge is -2.11. The van der Waals surface area contributed by atoms with Gasteiger partial charge in [-0.25, -0.2) is 8.78 Å². The quantitative estimate of drug-likeness (QED) is 0.124. The van der Waals surface area contributed by atoms with Gasteiger partial charge in [-0.15, -0.1) is 0 Å². The molecule has 0 aliphatic carbocycles. The molecule has 0 saturated heterocycles. The molecule has 0 unspecified atom stereocenters. The fourth-order valence-corrected chi connectivity index (χ4v) is 4.48. The predicted octanol–water partition coefficient (Wildman–Crippen LogP) is 10.1. The van der Waals surface area contributed by atoms with E-state index in [-0.39, 0.29) is 20.5 Å². The summed E-state index contributed by atoms with van der Waals surface area (Å²) in [7, 11) is 3.62. The topological polar surface area (TPSA) is 47.9 Å². The summed E-state index contributed by atoms with van der Waals surface area (Å²) in [5, 5.41) is 9.48. The first kappa shape index (κ1) is 35.5. The van der Waals surface area contributed by atoms with Crippen LogP contribution in [0.3, 0.4) is 0 Å². The van der Waals surface area contributed by atoms with Crippen molar-refractivity contribution in [1.82, 2.24) is 0 Å². The van der Waals surface area contributed by atoms with Gasteiger partial charge in [-0.1, -0.05) is 58.7 Å². The van der Waals surface area contributed by atoms with E-state index in [0.717, 1.165) is 4.47 Å². The fourth-order valence-electron chi connectivity index (χ4n) is 2.90. The average Bonchev–Trinajstić information content (AvgIpc) is 2.89. The molecule has 12 heteroatoms. The number of benzene rings is 4. The summed E-state index contributed by atoms with van der Waals surface area (Å²) in [5.74, 6) is 0.963. The Morgan fingerprint density at radius 1 is 0.795 bits per heavy atom. The molecule has 0 aliphatic rings. The van der Waals surface area contributed by atoms with Gasteiger partial charge in [-0.2, -0.15) is 0 Å². The number of hydrogen-bond donors (Lipinski definition) is 1. The highest BCUT2D eigenvalue weighted by atomic mass is 127. The van der Waals surface area contributed by atoms with Crippen molar-refractivity contribution in [2.75, 3.05) is 14.2 Å². The van der Waals surface area contributed by atoms with E-state index in [1.807, 2.05) is 28.7 Å². The average molecular weight is 821 g/mol. The normalized spacial score (nSPS) is 9.59. The number of hydrogen-bond acceptors (Lipinski definition) is 4. The molecule has 1 N–H and O–H groups in total. The van der Waals surface area contributed by atoms with Crippen molar-refractivity contribution in [3.8, 4) is 28.4 Å². The first-order valence-corrected chi connectivity index (χ1v) is 13.9. The Hall–Kier alpha value is -1.57. The maximum atomic E-state index is 13.8. The molecule has 0 fully saturated rings. The third-order valence-corrected chi connectivity index (χ3v) is 8.23. The van der Waals surface area contributed by atoms with E-state index in [1.54, 1.807) is 54.6 Å². The molecule has 4 aromatic rings. The Labute approximate surface area is 269 Å². The van der Waals surface area contributed by atoms with Gasteiger partial charge < -0.3 is 20.6 Å². The van der Waals surface area contributed by atoms with Crippen LogP contribution < -0.4 is 14.1 Å². The highest BCUT2D eigenvalue weighted by molar-refractivity contribution is 14.1. The maximum absolute atomic E-state index is 13.8. The number of ether oxygens (including phenoxy) is 2. The van der Waals surface area contributed by atoms with E-state index < -0.39 is 0 Å². The van der Waals surface area contributed by atoms with Crippen molar-refractivity contribution in [3.05, 3.63) is 107 Å². The van der Waals surface area contributed by atoms with Gasteiger partial charge in [-0.3, -0.25) is 0 Å². The molecule has 209 valence electrons. The van der Waals surface area contributed by atoms with Crippen LogP contribution in [0.15, 0.2) is 81.7 Å². The fraction of sp³-hybridized carbons (Fsp3) is 0.111. The minimum absolute atomic E-state index is 0. The summed E-state index contributed by atoms with van der Waals surface area (Å²) in [6, 6.07) is 19.7. The maximum Gasteiger partial charge on any atom is 0.569 e. The Morgan fingerprint density at radius 3 is 1.85 bits per heavy atom. The lowest BCUT2D eigenvalue weighted by Crippen LogP contribution is -2.01. The van der Waals surface area contributed by atoms with Crippen molar-refractivity contribution in [2.24, 2.45) is 0 Å². The predicted molar refractivity (Wildman–Crippen MR) is 172 cm³/mol. The Kier molecular flexibility index (Phi) is 16.4. The Balaban J connectivity index is 0.000000586. The zero-order chi connectivity index (χ0) is 28.2. The van der Waals surface area contributed by atoms with Crippen LogP contribution in [0.1, 0.15) is 8.85 Å². The van der Waals surface area contributed by atoms with Crippen LogP contribution in [0.5, 0.6) is 17.2 Å². The SMILES string of the molecule is C.COc1cc(Cl)ccc1-c1c(F)cccc1Br.COc1cc(Cl)ccc1O[B]O.Fc1cccc(Br)c1I.[3H-]. The summed E-state index contributed by atoms with van der Waals surface area (Å²) in [6.45, 7) is 0. The molecular formula is C27H24BBr2Cl2F2IO4-. The van der Waals surface area contributed by atoms with Gasteiger partial charge in [0, 0.05) is 36.2 Å². The van der Waals surface area contributed by atoms with Crippen molar-refractivity contribution in [3.63, 3.8) is 0 Å². The molecule has 0 bridgehead atoms. The van der Waals surface area contributed by atoms with Gasteiger partial charge >= 0.3 is 7.69 Å². The summed E-state index contributed by atoms with van der Waals surface area (Å²) >= 11 is 20.0. The van der Waals surface area contributed by atoms with Crippen molar-refractivity contribution < 1.29 is 29.4 Å². The van der Waals surface area contributed by atoms with Gasteiger partial charge in [0.05, 0.1) is 17.8 Å². The number of rotatable bonds is 5. The summed E-state index contributed by atoms with van der Waals surface area (Å²) in [6.07, 6.45) is 0. The Bertz CT molecular complexity index is 1340. The molecule has 0 amide bonds. The third-order valence-electron chi connectivity index (χ3n) is 4.61. The zero-order valence-electron chi connectivity index (χ0n) is 20.8. The highest BCUT2D eigenvalue weighted by Crippen LogP contribution is 2.38. The van der Waals surface area contributed by atoms with Crippen LogP contribution >= 0.6 is 77.7 Å². The minimum atomic E-state index is -0.306. The standard InChI is InChI=1S/C13H9BrClFO.C7H7BClO3.C6H3BrFI.CH4.H/c1-17-12-7-8(15)5-6-9(12)13-10(14)3-2-4-11(13)16;1-11-7-4-5(9)2-3-6(7)12-8-10;7-4-2-1-3-5(8)6(4)9;;/h2-7H,1H3;2-4,10H,1H3;1-3H;1H4;/q;;;;-1/i;;;;1+2. The second kappa shape index (κ2) is 18.0. The molecule has 0 aliphatic heterocycles. The van der Waals surface area contributed by atoms with E-state index in [1.165, 1.54) is 26.4 Å². The molecule has 1 radical (unpaired) electrons. The van der Waals surface area contributed by atoms with Crippen LogP contribution in [0.2, 0.25) is 10.0 Å². The number of methoxy groups -OCH3 is 2. The molecule has 0 heterocycles. The van der Waals surface area contributed by atoms with E-state index in [2.05, 4.69) is 31.9 Å². The van der Waals surface area contributed by atoms with E-state index in [9.17, 15) is 8.78 Å². The lowest BCUT2D eigenvalue weighted by atomic mass is 10.0. The van der Waals surface area contributed by atoms with Crippen molar-refractivity contribution in [2.45, 2.75) is 7.43 Å². The van der Waals surface area contributed by atoms with Gasteiger partial charge in [0.25, 0.3) is 0 Å².